The number of halogens is 1. The van der Waals surface area contributed by atoms with Gasteiger partial charge in [0, 0.05) is 11.8 Å². The minimum atomic E-state index is 0.328. The predicted molar refractivity (Wildman–Crippen MR) is 68.6 cm³/mol. The van der Waals surface area contributed by atoms with Crippen molar-refractivity contribution in [2.24, 2.45) is 0 Å². The number of nitrogens with zero attached hydrogens (tertiary/aromatic N) is 3. The molecule has 0 aromatic carbocycles. The Labute approximate surface area is 108 Å². The lowest BCUT2D eigenvalue weighted by Gasteiger charge is -2.06. The van der Waals surface area contributed by atoms with Crippen LogP contribution >= 0.6 is 23.4 Å². The van der Waals surface area contributed by atoms with Crippen LogP contribution in [0.4, 0.5) is 0 Å². The highest BCUT2D eigenvalue weighted by Crippen LogP contribution is 2.27. The van der Waals surface area contributed by atoms with Gasteiger partial charge in [0.2, 0.25) is 5.88 Å². The molecule has 88 valence electrons. The predicted octanol–water partition coefficient (Wildman–Crippen LogP) is 2.92. The molecule has 2 aromatic heterocycles. The topological polar surface area (TPSA) is 47.9 Å². The van der Waals surface area contributed by atoms with Crippen molar-refractivity contribution in [3.8, 4) is 17.1 Å². The quantitative estimate of drug-likeness (QED) is 0.800. The summed E-state index contributed by atoms with van der Waals surface area (Å²) in [7, 11) is 1.55. The summed E-state index contributed by atoms with van der Waals surface area (Å²) in [6, 6.07) is 3.84. The average Bonchev–Trinajstić information content (AvgIpc) is 2.39. The lowest BCUT2D eigenvalue weighted by molar-refractivity contribution is 0.398. The largest absolute Gasteiger partial charge is 0.479 e. The van der Waals surface area contributed by atoms with Crippen molar-refractivity contribution < 1.29 is 4.74 Å². The molecule has 0 saturated heterocycles. The second-order valence-electron chi connectivity index (χ2n) is 3.14. The Hall–Kier alpha value is -1.33. The maximum Gasteiger partial charge on any atom is 0.240 e. The summed E-state index contributed by atoms with van der Waals surface area (Å²) < 4.78 is 5.15. The van der Waals surface area contributed by atoms with Crippen LogP contribution in [-0.4, -0.2) is 28.3 Å². The molecule has 0 atom stereocenters. The summed E-state index contributed by atoms with van der Waals surface area (Å²) in [5.74, 6) is 0.438. The van der Waals surface area contributed by atoms with E-state index in [-0.39, 0.29) is 0 Å². The third-order valence-electron chi connectivity index (χ3n) is 2.12. The first-order valence-corrected chi connectivity index (χ1v) is 6.42. The van der Waals surface area contributed by atoms with Crippen molar-refractivity contribution in [2.45, 2.75) is 5.03 Å². The molecule has 17 heavy (non-hydrogen) atoms. The number of pyridine rings is 1. The summed E-state index contributed by atoms with van der Waals surface area (Å²) in [5, 5.41) is 1.28. The fourth-order valence-corrected chi connectivity index (χ4v) is 1.83. The van der Waals surface area contributed by atoms with Gasteiger partial charge in [0.05, 0.1) is 18.3 Å². The fourth-order valence-electron chi connectivity index (χ4n) is 1.34. The van der Waals surface area contributed by atoms with Crippen LogP contribution in [0.1, 0.15) is 0 Å². The minimum absolute atomic E-state index is 0.328. The molecule has 0 aliphatic rings. The molecule has 0 aliphatic heterocycles. The molecule has 6 heteroatoms. The first-order chi connectivity index (χ1) is 8.24. The smallest absolute Gasteiger partial charge is 0.240 e. The summed E-state index contributed by atoms with van der Waals surface area (Å²) in [5.41, 5.74) is 1.43. The van der Waals surface area contributed by atoms with Crippen molar-refractivity contribution in [3.63, 3.8) is 0 Å². The van der Waals surface area contributed by atoms with Crippen LogP contribution in [0.15, 0.2) is 29.6 Å². The van der Waals surface area contributed by atoms with Crippen LogP contribution in [0.3, 0.4) is 0 Å². The molecule has 0 unspecified atom stereocenters. The Morgan fingerprint density at radius 2 is 2.06 bits per heavy atom. The Bertz CT molecular complexity index is 519. The molecule has 0 radical (unpaired) electrons. The van der Waals surface area contributed by atoms with Gasteiger partial charge in [0.15, 0.2) is 0 Å². The van der Waals surface area contributed by atoms with Crippen LogP contribution in [0, 0.1) is 0 Å². The average molecular weight is 268 g/mol. The molecule has 0 spiro atoms. The zero-order valence-corrected chi connectivity index (χ0v) is 10.9. The Morgan fingerprint density at radius 1 is 1.24 bits per heavy atom. The number of rotatable bonds is 3. The second-order valence-corrected chi connectivity index (χ2v) is 4.35. The molecule has 0 saturated carbocycles. The van der Waals surface area contributed by atoms with Crippen LogP contribution in [0.5, 0.6) is 5.88 Å². The van der Waals surface area contributed by atoms with E-state index in [1.165, 1.54) is 6.20 Å². The number of aromatic nitrogens is 3. The summed E-state index contributed by atoms with van der Waals surface area (Å²) in [4.78, 5) is 12.5. The lowest BCUT2D eigenvalue weighted by Crippen LogP contribution is -1.95. The molecular weight excluding hydrogens is 258 g/mol. The molecule has 0 amide bonds. The maximum absolute atomic E-state index is 5.83. The van der Waals surface area contributed by atoms with E-state index in [4.69, 9.17) is 16.3 Å². The van der Waals surface area contributed by atoms with Gasteiger partial charge in [-0.3, -0.25) is 0 Å². The van der Waals surface area contributed by atoms with E-state index in [9.17, 15) is 0 Å². The molecule has 2 rings (SSSR count). The molecular formula is C11H10ClN3OS. The summed E-state index contributed by atoms with van der Waals surface area (Å²) in [6.45, 7) is 0. The van der Waals surface area contributed by atoms with Crippen molar-refractivity contribution in [2.75, 3.05) is 13.4 Å². The van der Waals surface area contributed by atoms with Gasteiger partial charge in [-0.15, -0.1) is 11.8 Å². The van der Waals surface area contributed by atoms with Crippen molar-refractivity contribution >= 4 is 23.4 Å². The van der Waals surface area contributed by atoms with Gasteiger partial charge < -0.3 is 4.74 Å². The standard InChI is InChI=1S/C11H10ClN3OS/c1-16-11-10(15-8(12)6-14-11)7-3-4-9(17-2)13-5-7/h3-6H,1-2H3. The molecule has 0 bridgehead atoms. The number of methoxy groups -OCH3 is 1. The SMILES string of the molecule is COc1ncc(Cl)nc1-c1ccc(SC)nc1. The third kappa shape index (κ3) is 2.68. The maximum atomic E-state index is 5.83. The second kappa shape index (κ2) is 5.33. The zero-order valence-electron chi connectivity index (χ0n) is 9.35. The van der Waals surface area contributed by atoms with Gasteiger partial charge in [-0.2, -0.15) is 0 Å². The van der Waals surface area contributed by atoms with Gasteiger partial charge in [-0.25, -0.2) is 15.0 Å². The summed E-state index contributed by atoms with van der Waals surface area (Å²) in [6.07, 6.45) is 5.16. The Morgan fingerprint density at radius 3 is 2.65 bits per heavy atom. The fraction of sp³-hybridized carbons (Fsp3) is 0.182. The zero-order chi connectivity index (χ0) is 12.3. The van der Waals surface area contributed by atoms with Crippen molar-refractivity contribution in [3.05, 3.63) is 29.7 Å². The van der Waals surface area contributed by atoms with Crippen LogP contribution < -0.4 is 4.74 Å². The van der Waals surface area contributed by atoms with E-state index in [1.807, 2.05) is 18.4 Å². The van der Waals surface area contributed by atoms with E-state index in [2.05, 4.69) is 15.0 Å². The summed E-state index contributed by atoms with van der Waals surface area (Å²) >= 11 is 7.41. The van der Waals surface area contributed by atoms with Crippen LogP contribution in [0.2, 0.25) is 5.15 Å². The highest BCUT2D eigenvalue weighted by atomic mass is 35.5. The lowest BCUT2D eigenvalue weighted by atomic mass is 10.2. The Balaban J connectivity index is 2.47. The van der Waals surface area contributed by atoms with Gasteiger partial charge >= 0.3 is 0 Å². The van der Waals surface area contributed by atoms with Crippen LogP contribution in [0.25, 0.3) is 11.3 Å². The van der Waals surface area contributed by atoms with E-state index >= 15 is 0 Å². The third-order valence-corrected chi connectivity index (χ3v) is 2.96. The minimum Gasteiger partial charge on any atom is -0.479 e. The van der Waals surface area contributed by atoms with Gasteiger partial charge in [0.25, 0.3) is 0 Å². The number of hydrogen-bond acceptors (Lipinski definition) is 5. The molecule has 2 aromatic rings. The van der Waals surface area contributed by atoms with Crippen LogP contribution in [-0.2, 0) is 0 Å². The van der Waals surface area contributed by atoms with Gasteiger partial charge in [-0.05, 0) is 18.4 Å². The van der Waals surface area contributed by atoms with E-state index < -0.39 is 0 Å². The monoisotopic (exact) mass is 267 g/mol. The highest BCUT2D eigenvalue weighted by Gasteiger charge is 2.10. The van der Waals surface area contributed by atoms with Gasteiger partial charge in [-0.1, -0.05) is 11.6 Å². The molecule has 0 fully saturated rings. The molecule has 0 N–H and O–H groups in total. The highest BCUT2D eigenvalue weighted by molar-refractivity contribution is 7.98. The molecule has 4 nitrogen and oxygen atoms in total. The van der Waals surface area contributed by atoms with Gasteiger partial charge in [0.1, 0.15) is 10.8 Å². The first kappa shape index (κ1) is 12.1. The number of hydrogen-bond donors (Lipinski definition) is 0. The normalized spacial score (nSPS) is 10.3. The molecule has 0 aliphatic carbocycles. The number of thioether (sulfide) groups is 1. The number of ether oxygens (including phenoxy) is 1. The molecule has 2 heterocycles. The van der Waals surface area contributed by atoms with Crippen molar-refractivity contribution in [1.29, 1.82) is 0 Å². The Kier molecular flexibility index (Phi) is 3.81. The van der Waals surface area contributed by atoms with Crippen molar-refractivity contribution in [1.82, 2.24) is 15.0 Å². The van der Waals surface area contributed by atoms with E-state index in [1.54, 1.807) is 25.1 Å². The first-order valence-electron chi connectivity index (χ1n) is 4.81. The van der Waals surface area contributed by atoms with E-state index in [0.717, 1.165) is 10.6 Å². The van der Waals surface area contributed by atoms with E-state index in [0.29, 0.717) is 16.7 Å².